The molecular weight excluding hydrogens is 435 g/mol. The third-order valence-electron chi connectivity index (χ3n) is 4.79. The molecule has 2 aromatic rings. The van der Waals surface area contributed by atoms with Gasteiger partial charge in [0.2, 0.25) is 5.91 Å². The fraction of sp³-hybridized carbons (Fsp3) is 0.300. The zero-order valence-corrected chi connectivity index (χ0v) is 18.0. The molecule has 1 saturated heterocycles. The summed E-state index contributed by atoms with van der Waals surface area (Å²) in [6.07, 6.45) is 2.40. The summed E-state index contributed by atoms with van der Waals surface area (Å²) < 4.78 is 23.5. The van der Waals surface area contributed by atoms with Gasteiger partial charge < -0.3 is 10.2 Å². The number of amides is 2. The van der Waals surface area contributed by atoms with Crippen LogP contribution in [0.2, 0.25) is 10.0 Å². The molecule has 1 heterocycles. The maximum Gasteiger partial charge on any atom is 0.253 e. The Balaban J connectivity index is 1.72. The lowest BCUT2D eigenvalue weighted by Crippen LogP contribution is -2.43. The molecule has 9 heteroatoms. The Morgan fingerprint density at radius 3 is 2.45 bits per heavy atom. The molecule has 2 amide bonds. The standard InChI is InChI=1S/C20H20Cl2N2O4S/c1-29(27,28)16-8-9-17(22)18(11-16)23-19(25)14-3-2-10-24(12-14)20(26)13-4-6-15(21)7-5-13/h4-9,11,14H,2-3,10,12H2,1H3,(H,23,25)/t14-/m1/s1. The highest BCUT2D eigenvalue weighted by molar-refractivity contribution is 7.90. The summed E-state index contributed by atoms with van der Waals surface area (Å²) in [5, 5.41) is 3.50. The van der Waals surface area contributed by atoms with Crippen LogP contribution >= 0.6 is 23.2 Å². The predicted molar refractivity (Wildman–Crippen MR) is 113 cm³/mol. The van der Waals surface area contributed by atoms with E-state index < -0.39 is 15.8 Å². The van der Waals surface area contributed by atoms with Crippen LogP contribution in [0.4, 0.5) is 5.69 Å². The van der Waals surface area contributed by atoms with Gasteiger partial charge in [-0.2, -0.15) is 0 Å². The van der Waals surface area contributed by atoms with Crippen LogP contribution in [0.15, 0.2) is 47.4 Å². The summed E-state index contributed by atoms with van der Waals surface area (Å²) in [5.74, 6) is -0.875. The van der Waals surface area contributed by atoms with Crippen LogP contribution in [-0.4, -0.2) is 44.5 Å². The van der Waals surface area contributed by atoms with Gasteiger partial charge in [-0.15, -0.1) is 0 Å². The summed E-state index contributed by atoms with van der Waals surface area (Å²) >= 11 is 12.0. The number of nitrogens with one attached hydrogen (secondary N) is 1. The molecule has 6 nitrogen and oxygen atoms in total. The van der Waals surface area contributed by atoms with Crippen LogP contribution in [0.3, 0.4) is 0 Å². The summed E-state index contributed by atoms with van der Waals surface area (Å²) in [4.78, 5) is 27.2. The van der Waals surface area contributed by atoms with Gasteiger partial charge in [0.05, 0.1) is 21.5 Å². The van der Waals surface area contributed by atoms with Crippen molar-refractivity contribution in [2.24, 2.45) is 5.92 Å². The summed E-state index contributed by atoms with van der Waals surface area (Å²) in [6.45, 7) is 0.840. The highest BCUT2D eigenvalue weighted by Crippen LogP contribution is 2.27. The lowest BCUT2D eigenvalue weighted by Gasteiger charge is -2.32. The first-order chi connectivity index (χ1) is 13.6. The minimum absolute atomic E-state index is 0.0698. The third-order valence-corrected chi connectivity index (χ3v) is 6.49. The number of carbonyl (C=O) groups excluding carboxylic acids is 2. The van der Waals surface area contributed by atoms with Crippen LogP contribution in [0.5, 0.6) is 0 Å². The lowest BCUT2D eigenvalue weighted by molar-refractivity contribution is -0.121. The average Bonchev–Trinajstić information content (AvgIpc) is 2.69. The molecule has 0 aromatic heterocycles. The van der Waals surface area contributed by atoms with E-state index in [9.17, 15) is 18.0 Å². The minimum atomic E-state index is -3.43. The molecule has 0 bridgehead atoms. The van der Waals surface area contributed by atoms with Crippen molar-refractivity contribution in [3.05, 3.63) is 58.1 Å². The number of sulfone groups is 1. The highest BCUT2D eigenvalue weighted by Gasteiger charge is 2.29. The number of carbonyl (C=O) groups is 2. The normalized spacial score (nSPS) is 17.1. The second-order valence-corrected chi connectivity index (χ2v) is 9.86. The van der Waals surface area contributed by atoms with Crippen molar-refractivity contribution in [2.75, 3.05) is 24.7 Å². The molecule has 3 rings (SSSR count). The number of likely N-dealkylation sites (tertiary alicyclic amines) is 1. The Morgan fingerprint density at radius 2 is 1.79 bits per heavy atom. The molecule has 0 aliphatic carbocycles. The number of anilines is 1. The van der Waals surface area contributed by atoms with Crippen molar-refractivity contribution in [3.63, 3.8) is 0 Å². The quantitative estimate of drug-likeness (QED) is 0.759. The Bertz CT molecular complexity index is 1040. The van der Waals surface area contributed by atoms with Gasteiger partial charge in [-0.05, 0) is 55.3 Å². The zero-order chi connectivity index (χ0) is 21.2. The van der Waals surface area contributed by atoms with Crippen molar-refractivity contribution in [1.82, 2.24) is 4.90 Å². The molecule has 0 radical (unpaired) electrons. The molecule has 1 fully saturated rings. The number of nitrogens with zero attached hydrogens (tertiary/aromatic N) is 1. The van der Waals surface area contributed by atoms with Gasteiger partial charge in [-0.1, -0.05) is 23.2 Å². The molecule has 1 aliphatic heterocycles. The molecular formula is C20H20Cl2N2O4S. The zero-order valence-electron chi connectivity index (χ0n) is 15.7. The van der Waals surface area contributed by atoms with E-state index in [2.05, 4.69) is 5.32 Å². The van der Waals surface area contributed by atoms with Crippen LogP contribution in [0.1, 0.15) is 23.2 Å². The van der Waals surface area contributed by atoms with Gasteiger partial charge in [-0.25, -0.2) is 8.42 Å². The fourth-order valence-electron chi connectivity index (χ4n) is 3.22. The second-order valence-electron chi connectivity index (χ2n) is 7.00. The minimum Gasteiger partial charge on any atom is -0.338 e. The molecule has 0 spiro atoms. The molecule has 154 valence electrons. The SMILES string of the molecule is CS(=O)(=O)c1ccc(Cl)c(NC(=O)[C@@H]2CCCN(C(=O)c3ccc(Cl)cc3)C2)c1. The molecule has 1 N–H and O–H groups in total. The van der Waals surface area contributed by atoms with Crippen LogP contribution in [0, 0.1) is 5.92 Å². The van der Waals surface area contributed by atoms with E-state index in [0.717, 1.165) is 6.26 Å². The van der Waals surface area contributed by atoms with Crippen molar-refractivity contribution in [2.45, 2.75) is 17.7 Å². The highest BCUT2D eigenvalue weighted by atomic mass is 35.5. The summed E-state index contributed by atoms with van der Waals surface area (Å²) in [7, 11) is -3.43. The third kappa shape index (κ3) is 5.29. The predicted octanol–water partition coefficient (Wildman–Crippen LogP) is 3.89. The van der Waals surface area contributed by atoms with E-state index in [1.807, 2.05) is 0 Å². The van der Waals surface area contributed by atoms with Crippen molar-refractivity contribution in [1.29, 1.82) is 0 Å². The van der Waals surface area contributed by atoms with Crippen LogP contribution in [0.25, 0.3) is 0 Å². The number of hydrogen-bond acceptors (Lipinski definition) is 4. The van der Waals surface area contributed by atoms with Gasteiger partial charge >= 0.3 is 0 Å². The molecule has 1 aliphatic rings. The monoisotopic (exact) mass is 454 g/mol. The summed E-state index contributed by atoms with van der Waals surface area (Å²) in [6, 6.07) is 10.8. The Morgan fingerprint density at radius 1 is 1.10 bits per heavy atom. The molecule has 0 unspecified atom stereocenters. The van der Waals surface area contributed by atoms with Gasteiger partial charge in [0.1, 0.15) is 0 Å². The number of halogens is 2. The Labute approximate surface area is 179 Å². The largest absolute Gasteiger partial charge is 0.338 e. The smallest absolute Gasteiger partial charge is 0.253 e. The summed E-state index contributed by atoms with van der Waals surface area (Å²) in [5.41, 5.74) is 0.750. The number of hydrogen-bond donors (Lipinski definition) is 1. The molecule has 0 saturated carbocycles. The van der Waals surface area contributed by atoms with Gasteiger partial charge in [0.15, 0.2) is 9.84 Å². The van der Waals surface area contributed by atoms with E-state index in [1.54, 1.807) is 29.2 Å². The Kier molecular flexibility index (Phi) is 6.51. The van der Waals surface area contributed by atoms with E-state index in [4.69, 9.17) is 23.2 Å². The van der Waals surface area contributed by atoms with E-state index in [-0.39, 0.29) is 34.0 Å². The fourth-order valence-corrected chi connectivity index (χ4v) is 4.15. The first-order valence-electron chi connectivity index (χ1n) is 9.00. The topological polar surface area (TPSA) is 83.6 Å². The molecule has 29 heavy (non-hydrogen) atoms. The molecule has 2 aromatic carbocycles. The Hall–Kier alpha value is -2.09. The van der Waals surface area contributed by atoms with Crippen LogP contribution in [-0.2, 0) is 14.6 Å². The first kappa shape index (κ1) is 21.6. The van der Waals surface area contributed by atoms with E-state index in [1.165, 1.54) is 18.2 Å². The van der Waals surface area contributed by atoms with Crippen molar-refractivity contribution < 1.29 is 18.0 Å². The maximum atomic E-state index is 12.8. The van der Waals surface area contributed by atoms with Crippen molar-refractivity contribution in [3.8, 4) is 0 Å². The van der Waals surface area contributed by atoms with Crippen molar-refractivity contribution >= 4 is 50.5 Å². The average molecular weight is 455 g/mol. The first-order valence-corrected chi connectivity index (χ1v) is 11.6. The maximum absolute atomic E-state index is 12.8. The number of benzene rings is 2. The number of piperidine rings is 1. The number of rotatable bonds is 4. The second kappa shape index (κ2) is 8.73. The lowest BCUT2D eigenvalue weighted by atomic mass is 9.96. The van der Waals surface area contributed by atoms with Gasteiger partial charge in [0.25, 0.3) is 5.91 Å². The van der Waals surface area contributed by atoms with E-state index in [0.29, 0.717) is 30.0 Å². The van der Waals surface area contributed by atoms with E-state index >= 15 is 0 Å². The molecule has 1 atom stereocenters. The van der Waals surface area contributed by atoms with Gasteiger partial charge in [-0.3, -0.25) is 9.59 Å². The van der Waals surface area contributed by atoms with Gasteiger partial charge in [0, 0.05) is 29.9 Å². The van der Waals surface area contributed by atoms with Crippen LogP contribution < -0.4 is 5.32 Å².